The number of aromatic nitrogens is 2. The lowest BCUT2D eigenvalue weighted by atomic mass is 10.1. The summed E-state index contributed by atoms with van der Waals surface area (Å²) in [7, 11) is 0. The normalized spacial score (nSPS) is 10.0. The molecule has 3 N–H and O–H groups in total. The molecule has 0 radical (unpaired) electrons. The molecule has 0 bridgehead atoms. The highest BCUT2D eigenvalue weighted by molar-refractivity contribution is 5.96. The first-order valence-corrected chi connectivity index (χ1v) is 6.89. The van der Waals surface area contributed by atoms with E-state index in [2.05, 4.69) is 26.1 Å². The van der Waals surface area contributed by atoms with E-state index in [-0.39, 0.29) is 17.3 Å². The molecule has 0 unspecified atom stereocenters. The van der Waals surface area contributed by atoms with E-state index in [9.17, 15) is 14.9 Å². The van der Waals surface area contributed by atoms with Gasteiger partial charge >= 0.3 is 5.69 Å². The maximum atomic E-state index is 12.1. The summed E-state index contributed by atoms with van der Waals surface area (Å²) < 4.78 is 0. The van der Waals surface area contributed by atoms with E-state index >= 15 is 0 Å². The summed E-state index contributed by atoms with van der Waals surface area (Å²) in [5.74, 6) is -0.427. The SMILES string of the molecule is CCNc1ncnc(NNC(=O)c2ccccc2C)c1[N+](=O)[O-]. The smallest absolute Gasteiger partial charge is 0.354 e. The molecule has 0 saturated carbocycles. The molecule has 2 aromatic rings. The van der Waals surface area contributed by atoms with Crippen LogP contribution in [0, 0.1) is 17.0 Å². The fourth-order valence-electron chi connectivity index (χ4n) is 1.95. The van der Waals surface area contributed by atoms with Gasteiger partial charge in [-0.15, -0.1) is 0 Å². The highest BCUT2D eigenvalue weighted by atomic mass is 16.6. The molecule has 9 heteroatoms. The van der Waals surface area contributed by atoms with Crippen molar-refractivity contribution in [3.63, 3.8) is 0 Å². The lowest BCUT2D eigenvalue weighted by Crippen LogP contribution is -2.30. The van der Waals surface area contributed by atoms with Gasteiger partial charge in [0.1, 0.15) is 6.33 Å². The van der Waals surface area contributed by atoms with Crippen molar-refractivity contribution in [2.45, 2.75) is 13.8 Å². The minimum atomic E-state index is -0.611. The molecule has 1 aromatic heterocycles. The monoisotopic (exact) mass is 316 g/mol. The van der Waals surface area contributed by atoms with Crippen LogP contribution in [0.4, 0.5) is 17.3 Å². The Hall–Kier alpha value is -3.23. The number of rotatable bonds is 6. The number of carbonyl (C=O) groups is 1. The van der Waals surface area contributed by atoms with Crippen LogP contribution in [0.15, 0.2) is 30.6 Å². The van der Waals surface area contributed by atoms with Gasteiger partial charge in [-0.2, -0.15) is 0 Å². The first-order chi connectivity index (χ1) is 11.0. The van der Waals surface area contributed by atoms with Gasteiger partial charge in [-0.05, 0) is 25.5 Å². The number of hydrogen-bond acceptors (Lipinski definition) is 7. The Morgan fingerprint density at radius 3 is 2.61 bits per heavy atom. The van der Waals surface area contributed by atoms with Crippen LogP contribution in [0.2, 0.25) is 0 Å². The second kappa shape index (κ2) is 7.16. The molecule has 0 fully saturated rings. The second-order valence-corrected chi connectivity index (χ2v) is 4.60. The number of anilines is 2. The van der Waals surface area contributed by atoms with Crippen molar-refractivity contribution < 1.29 is 9.72 Å². The largest absolute Gasteiger partial charge is 0.364 e. The van der Waals surface area contributed by atoms with Gasteiger partial charge in [0, 0.05) is 12.1 Å². The van der Waals surface area contributed by atoms with Gasteiger partial charge in [0.2, 0.25) is 11.6 Å². The molecular weight excluding hydrogens is 300 g/mol. The number of aryl methyl sites for hydroxylation is 1. The molecular formula is C14H16N6O3. The fraction of sp³-hybridized carbons (Fsp3) is 0.214. The predicted octanol–water partition coefficient (Wildman–Crippen LogP) is 1.88. The predicted molar refractivity (Wildman–Crippen MR) is 85.1 cm³/mol. The van der Waals surface area contributed by atoms with Gasteiger partial charge in [0.05, 0.1) is 4.92 Å². The minimum Gasteiger partial charge on any atom is -0.364 e. The van der Waals surface area contributed by atoms with E-state index in [1.165, 1.54) is 6.33 Å². The summed E-state index contributed by atoms with van der Waals surface area (Å²) in [5, 5.41) is 14.0. The molecule has 0 atom stereocenters. The summed E-state index contributed by atoms with van der Waals surface area (Å²) >= 11 is 0. The van der Waals surface area contributed by atoms with E-state index in [0.717, 1.165) is 5.56 Å². The number of nitro groups is 1. The zero-order valence-corrected chi connectivity index (χ0v) is 12.7. The Labute approximate surface area is 132 Å². The molecule has 0 aliphatic carbocycles. The van der Waals surface area contributed by atoms with Crippen molar-refractivity contribution in [3.8, 4) is 0 Å². The number of nitrogens with one attached hydrogen (secondary N) is 3. The zero-order valence-electron chi connectivity index (χ0n) is 12.7. The van der Waals surface area contributed by atoms with Crippen LogP contribution in [0.1, 0.15) is 22.8 Å². The third-order valence-corrected chi connectivity index (χ3v) is 3.03. The molecule has 0 saturated heterocycles. The number of nitrogens with zero attached hydrogens (tertiary/aromatic N) is 3. The van der Waals surface area contributed by atoms with Crippen LogP contribution < -0.4 is 16.2 Å². The molecule has 1 aromatic carbocycles. The number of hydrazine groups is 1. The van der Waals surface area contributed by atoms with Crippen molar-refractivity contribution in [2.24, 2.45) is 0 Å². The molecule has 1 amide bonds. The van der Waals surface area contributed by atoms with E-state index in [4.69, 9.17) is 0 Å². The van der Waals surface area contributed by atoms with E-state index in [1.807, 2.05) is 6.07 Å². The van der Waals surface area contributed by atoms with E-state index in [1.54, 1.807) is 32.0 Å². The van der Waals surface area contributed by atoms with Gasteiger partial charge in [-0.3, -0.25) is 25.8 Å². The van der Waals surface area contributed by atoms with Crippen molar-refractivity contribution in [2.75, 3.05) is 17.3 Å². The topological polar surface area (TPSA) is 122 Å². The van der Waals surface area contributed by atoms with Gasteiger partial charge in [-0.1, -0.05) is 18.2 Å². The molecule has 120 valence electrons. The molecule has 23 heavy (non-hydrogen) atoms. The maximum Gasteiger partial charge on any atom is 0.354 e. The van der Waals surface area contributed by atoms with E-state index < -0.39 is 10.8 Å². The average molecular weight is 316 g/mol. The van der Waals surface area contributed by atoms with Crippen LogP contribution in [0.25, 0.3) is 0 Å². The molecule has 0 spiro atoms. The molecule has 2 rings (SSSR count). The van der Waals surface area contributed by atoms with Crippen molar-refractivity contribution in [3.05, 3.63) is 51.8 Å². The van der Waals surface area contributed by atoms with Crippen LogP contribution in [0.5, 0.6) is 0 Å². The third-order valence-electron chi connectivity index (χ3n) is 3.03. The Morgan fingerprint density at radius 2 is 1.96 bits per heavy atom. The van der Waals surface area contributed by atoms with Crippen molar-refractivity contribution in [1.82, 2.24) is 15.4 Å². The van der Waals surface area contributed by atoms with Crippen LogP contribution >= 0.6 is 0 Å². The van der Waals surface area contributed by atoms with Crippen LogP contribution in [-0.2, 0) is 0 Å². The molecule has 0 aliphatic heterocycles. The highest BCUT2D eigenvalue weighted by Gasteiger charge is 2.23. The van der Waals surface area contributed by atoms with Crippen molar-refractivity contribution in [1.29, 1.82) is 0 Å². The maximum absolute atomic E-state index is 12.1. The Morgan fingerprint density at radius 1 is 1.26 bits per heavy atom. The summed E-state index contributed by atoms with van der Waals surface area (Å²) in [4.78, 5) is 30.4. The summed E-state index contributed by atoms with van der Waals surface area (Å²) in [6.07, 6.45) is 1.17. The Bertz CT molecular complexity index is 734. The number of benzene rings is 1. The molecule has 0 aliphatic rings. The minimum absolute atomic E-state index is 0.0835. The van der Waals surface area contributed by atoms with Gasteiger partial charge in [-0.25, -0.2) is 9.97 Å². The van der Waals surface area contributed by atoms with Crippen molar-refractivity contribution >= 4 is 23.2 Å². The van der Waals surface area contributed by atoms with Crippen LogP contribution in [0.3, 0.4) is 0 Å². The number of amides is 1. The number of carbonyl (C=O) groups excluding carboxylic acids is 1. The van der Waals surface area contributed by atoms with E-state index in [0.29, 0.717) is 12.1 Å². The highest BCUT2D eigenvalue weighted by Crippen LogP contribution is 2.28. The lowest BCUT2D eigenvalue weighted by Gasteiger charge is -2.11. The molecule has 9 nitrogen and oxygen atoms in total. The molecule has 1 heterocycles. The average Bonchev–Trinajstić information content (AvgIpc) is 2.53. The Balaban J connectivity index is 2.20. The lowest BCUT2D eigenvalue weighted by molar-refractivity contribution is -0.383. The standard InChI is InChI=1S/C14H16N6O3/c1-3-15-12-11(20(22)23)13(17-8-16-12)18-19-14(21)10-7-5-4-6-9(10)2/h4-8H,3H2,1-2H3,(H,19,21)(H2,15,16,17,18). The second-order valence-electron chi connectivity index (χ2n) is 4.60. The third kappa shape index (κ3) is 3.70. The van der Waals surface area contributed by atoms with Gasteiger partial charge < -0.3 is 5.32 Å². The quantitative estimate of drug-likeness (QED) is 0.549. The summed E-state index contributed by atoms with van der Waals surface area (Å²) in [6, 6.07) is 7.01. The summed E-state index contributed by atoms with van der Waals surface area (Å²) in [5.41, 5.74) is 5.81. The first-order valence-electron chi connectivity index (χ1n) is 6.89. The Kier molecular flexibility index (Phi) is 5.03. The van der Waals surface area contributed by atoms with Gasteiger partial charge in [0.15, 0.2) is 0 Å². The van der Waals surface area contributed by atoms with Crippen LogP contribution in [-0.4, -0.2) is 27.3 Å². The number of hydrogen-bond donors (Lipinski definition) is 3. The van der Waals surface area contributed by atoms with Gasteiger partial charge in [0.25, 0.3) is 5.91 Å². The first kappa shape index (κ1) is 16.1. The summed E-state index contributed by atoms with van der Waals surface area (Å²) in [6.45, 7) is 4.05. The fourth-order valence-corrected chi connectivity index (χ4v) is 1.95. The zero-order chi connectivity index (χ0) is 16.8.